The minimum Gasteiger partial charge on any atom is -0.497 e. The van der Waals surface area contributed by atoms with Gasteiger partial charge in [0.05, 0.1) is 12.7 Å². The van der Waals surface area contributed by atoms with Crippen LogP contribution in [0.1, 0.15) is 40.7 Å². The zero-order valence-electron chi connectivity index (χ0n) is 20.3. The number of anilines is 3. The van der Waals surface area contributed by atoms with E-state index in [0.717, 1.165) is 42.4 Å². The standard InChI is InChI=1S/C29H30N4O3/c1-36-24-12-9-22(10-13-24)31-23-11-14-25-26(17-23)27(29(35)32-28(25)34)18-30-21-7-5-20(6-8-21)19-33-15-3-2-4-16-33/h5-14,17-18,30-31H,2-4,15-16,19H2,1H3,(H,32,34,35)/b27-18-. The Morgan fingerprint density at radius 1 is 0.833 bits per heavy atom. The Bertz CT molecular complexity index is 1280. The fraction of sp³-hybridized carbons (Fsp3) is 0.241. The number of methoxy groups -OCH3 is 1. The van der Waals surface area contributed by atoms with Crippen LogP contribution in [0.3, 0.4) is 0 Å². The summed E-state index contributed by atoms with van der Waals surface area (Å²) in [5.74, 6) is -0.0578. The van der Waals surface area contributed by atoms with E-state index in [4.69, 9.17) is 4.74 Å². The van der Waals surface area contributed by atoms with Crippen molar-refractivity contribution in [2.75, 3.05) is 30.8 Å². The SMILES string of the molecule is COc1ccc(Nc2ccc3c(c2)/C(=C/Nc2ccc(CN4CCCCC4)cc2)C(=O)NC3=O)cc1. The summed E-state index contributed by atoms with van der Waals surface area (Å²) in [5, 5.41) is 8.98. The highest BCUT2D eigenvalue weighted by Gasteiger charge is 2.27. The molecule has 2 heterocycles. The van der Waals surface area contributed by atoms with Crippen molar-refractivity contribution in [1.82, 2.24) is 10.2 Å². The fourth-order valence-electron chi connectivity index (χ4n) is 4.62. The monoisotopic (exact) mass is 482 g/mol. The summed E-state index contributed by atoms with van der Waals surface area (Å²) in [6, 6.07) is 21.2. The first-order chi connectivity index (χ1) is 17.6. The van der Waals surface area contributed by atoms with Crippen molar-refractivity contribution in [2.45, 2.75) is 25.8 Å². The molecule has 0 radical (unpaired) electrons. The smallest absolute Gasteiger partial charge is 0.260 e. The molecule has 2 aliphatic rings. The van der Waals surface area contributed by atoms with Crippen LogP contribution >= 0.6 is 0 Å². The van der Waals surface area contributed by atoms with Gasteiger partial charge in [0.1, 0.15) is 5.75 Å². The van der Waals surface area contributed by atoms with Gasteiger partial charge in [-0.3, -0.25) is 19.8 Å². The van der Waals surface area contributed by atoms with Gasteiger partial charge in [-0.25, -0.2) is 0 Å². The summed E-state index contributed by atoms with van der Waals surface area (Å²) in [4.78, 5) is 27.7. The van der Waals surface area contributed by atoms with Crippen LogP contribution in [0.2, 0.25) is 0 Å². The molecule has 2 aliphatic heterocycles. The molecule has 0 aromatic heterocycles. The van der Waals surface area contributed by atoms with Crippen molar-refractivity contribution < 1.29 is 14.3 Å². The maximum Gasteiger partial charge on any atom is 0.260 e. The van der Waals surface area contributed by atoms with Crippen LogP contribution in [-0.4, -0.2) is 36.9 Å². The lowest BCUT2D eigenvalue weighted by Gasteiger charge is -2.26. The first kappa shape index (κ1) is 23.6. The number of ether oxygens (including phenoxy) is 1. The van der Waals surface area contributed by atoms with Gasteiger partial charge in [0.2, 0.25) is 0 Å². The number of benzene rings is 3. The van der Waals surface area contributed by atoms with Crippen LogP contribution in [-0.2, 0) is 11.3 Å². The molecule has 7 heteroatoms. The molecule has 3 aromatic carbocycles. The number of hydrogen-bond donors (Lipinski definition) is 3. The Labute approximate surface area is 211 Å². The van der Waals surface area contributed by atoms with Crippen molar-refractivity contribution in [3.63, 3.8) is 0 Å². The number of fused-ring (bicyclic) bond motifs is 1. The highest BCUT2D eigenvalue weighted by atomic mass is 16.5. The van der Waals surface area contributed by atoms with E-state index in [1.807, 2.05) is 48.5 Å². The lowest BCUT2D eigenvalue weighted by atomic mass is 9.94. The minimum absolute atomic E-state index is 0.398. The molecule has 184 valence electrons. The van der Waals surface area contributed by atoms with E-state index in [9.17, 15) is 9.59 Å². The predicted octanol–water partition coefficient (Wildman–Crippen LogP) is 5.15. The van der Waals surface area contributed by atoms with Crippen molar-refractivity contribution >= 4 is 34.4 Å². The third kappa shape index (κ3) is 5.42. The summed E-state index contributed by atoms with van der Waals surface area (Å²) < 4.78 is 5.21. The number of rotatable bonds is 7. The molecular weight excluding hydrogens is 452 g/mol. The number of hydrogen-bond acceptors (Lipinski definition) is 6. The van der Waals surface area contributed by atoms with E-state index < -0.39 is 11.8 Å². The van der Waals surface area contributed by atoms with Crippen LogP contribution in [0.25, 0.3) is 5.57 Å². The molecule has 0 spiro atoms. The molecule has 2 amide bonds. The first-order valence-electron chi connectivity index (χ1n) is 12.3. The largest absolute Gasteiger partial charge is 0.497 e. The number of carbonyl (C=O) groups excluding carboxylic acids is 2. The fourth-order valence-corrected chi connectivity index (χ4v) is 4.62. The Balaban J connectivity index is 1.33. The van der Waals surface area contributed by atoms with Crippen LogP contribution < -0.4 is 20.7 Å². The Hall–Kier alpha value is -4.10. The molecule has 7 nitrogen and oxygen atoms in total. The summed E-state index contributed by atoms with van der Waals surface area (Å²) in [6.07, 6.45) is 5.54. The lowest BCUT2D eigenvalue weighted by Crippen LogP contribution is -2.36. The van der Waals surface area contributed by atoms with Gasteiger partial charge in [-0.15, -0.1) is 0 Å². The molecule has 5 rings (SSSR count). The molecule has 0 unspecified atom stereocenters. The van der Waals surface area contributed by atoms with Gasteiger partial charge < -0.3 is 15.4 Å². The van der Waals surface area contributed by atoms with Crippen LogP contribution in [0.4, 0.5) is 17.1 Å². The Morgan fingerprint density at radius 3 is 2.25 bits per heavy atom. The quantitative estimate of drug-likeness (QED) is 0.319. The van der Waals surface area contributed by atoms with E-state index in [1.165, 1.54) is 24.8 Å². The molecule has 36 heavy (non-hydrogen) atoms. The average molecular weight is 483 g/mol. The number of nitrogens with one attached hydrogen (secondary N) is 3. The maximum absolute atomic E-state index is 12.7. The van der Waals surface area contributed by atoms with Crippen molar-refractivity contribution in [3.05, 3.63) is 89.6 Å². The van der Waals surface area contributed by atoms with E-state index in [1.54, 1.807) is 19.4 Å². The molecule has 1 saturated heterocycles. The zero-order chi connectivity index (χ0) is 24.9. The lowest BCUT2D eigenvalue weighted by molar-refractivity contribution is -0.114. The number of nitrogens with zero attached hydrogens (tertiary/aromatic N) is 1. The van der Waals surface area contributed by atoms with Crippen LogP contribution in [0.15, 0.2) is 72.9 Å². The van der Waals surface area contributed by atoms with Crippen LogP contribution in [0, 0.1) is 0 Å². The highest BCUT2D eigenvalue weighted by Crippen LogP contribution is 2.29. The number of imide groups is 1. The summed E-state index contributed by atoms with van der Waals surface area (Å²) >= 11 is 0. The highest BCUT2D eigenvalue weighted by molar-refractivity contribution is 6.31. The first-order valence-corrected chi connectivity index (χ1v) is 12.3. The third-order valence-corrected chi connectivity index (χ3v) is 6.60. The van der Waals surface area contributed by atoms with Crippen molar-refractivity contribution in [1.29, 1.82) is 0 Å². The van der Waals surface area contributed by atoms with Gasteiger partial charge >= 0.3 is 0 Å². The molecule has 0 atom stereocenters. The summed E-state index contributed by atoms with van der Waals surface area (Å²) in [7, 11) is 1.62. The molecule has 0 bridgehead atoms. The molecule has 0 aliphatic carbocycles. The minimum atomic E-state index is -0.427. The van der Waals surface area contributed by atoms with Crippen molar-refractivity contribution in [3.8, 4) is 5.75 Å². The van der Waals surface area contributed by atoms with E-state index in [-0.39, 0.29) is 0 Å². The summed E-state index contributed by atoms with van der Waals surface area (Å²) in [5.41, 5.74) is 5.24. The van der Waals surface area contributed by atoms with E-state index in [0.29, 0.717) is 16.7 Å². The molecule has 1 fully saturated rings. The van der Waals surface area contributed by atoms with Gasteiger partial charge in [-0.1, -0.05) is 18.6 Å². The van der Waals surface area contributed by atoms with E-state index in [2.05, 4.69) is 33.0 Å². The third-order valence-electron chi connectivity index (χ3n) is 6.60. The number of amides is 2. The number of piperidine rings is 1. The normalized spacial score (nSPS) is 16.9. The average Bonchev–Trinajstić information content (AvgIpc) is 2.90. The molecule has 3 aromatic rings. The molecule has 3 N–H and O–H groups in total. The van der Waals surface area contributed by atoms with Crippen LogP contribution in [0.5, 0.6) is 5.75 Å². The Morgan fingerprint density at radius 2 is 1.53 bits per heavy atom. The topological polar surface area (TPSA) is 82.7 Å². The second-order valence-electron chi connectivity index (χ2n) is 9.13. The van der Waals surface area contributed by atoms with Gasteiger partial charge in [-0.2, -0.15) is 0 Å². The number of carbonyl (C=O) groups is 2. The molecule has 0 saturated carbocycles. The second-order valence-corrected chi connectivity index (χ2v) is 9.13. The zero-order valence-corrected chi connectivity index (χ0v) is 20.3. The van der Waals surface area contributed by atoms with Gasteiger partial charge in [0.25, 0.3) is 11.8 Å². The van der Waals surface area contributed by atoms with Gasteiger partial charge in [0.15, 0.2) is 0 Å². The maximum atomic E-state index is 12.7. The second kappa shape index (κ2) is 10.7. The van der Waals surface area contributed by atoms with Gasteiger partial charge in [0, 0.05) is 40.9 Å². The number of likely N-dealkylation sites (tertiary alicyclic amines) is 1. The Kier molecular flexibility index (Phi) is 7.00. The summed E-state index contributed by atoms with van der Waals surface area (Å²) in [6.45, 7) is 3.28. The van der Waals surface area contributed by atoms with Crippen molar-refractivity contribution in [2.24, 2.45) is 0 Å². The van der Waals surface area contributed by atoms with E-state index >= 15 is 0 Å². The predicted molar refractivity (Wildman–Crippen MR) is 142 cm³/mol. The van der Waals surface area contributed by atoms with Gasteiger partial charge in [-0.05, 0) is 86.1 Å². The molecular formula is C29H30N4O3.